The summed E-state index contributed by atoms with van der Waals surface area (Å²) >= 11 is 8.96. The van der Waals surface area contributed by atoms with E-state index in [1.807, 2.05) is 43.5 Å². The lowest BCUT2D eigenvalue weighted by atomic mass is 10.2. The van der Waals surface area contributed by atoms with Crippen LogP contribution < -0.4 is 10.7 Å². The van der Waals surface area contributed by atoms with Crippen LogP contribution in [0.4, 0.5) is 10.8 Å². The molecule has 6 nitrogen and oxygen atoms in total. The number of nitrogens with one attached hydrogen (secondary N) is 2. The monoisotopic (exact) mass is 405 g/mol. The van der Waals surface area contributed by atoms with Crippen LogP contribution in [-0.2, 0) is 11.2 Å². The quantitative estimate of drug-likeness (QED) is 0.473. The standard InChI is InChI=1S/C17H16ClN5OS2/c1-10-5-3-4-6-12(10)21-17-22-16(18)13(26-17)8-19-23-14(24)7-15-20-11(2)9-25-15/h3-6,8-9H,7H2,1-2H3,(H,21,22)(H,23,24)/b19-8+. The van der Waals surface area contributed by atoms with Crippen molar-refractivity contribution < 1.29 is 4.79 Å². The largest absolute Gasteiger partial charge is 0.331 e. The lowest BCUT2D eigenvalue weighted by Gasteiger charge is -2.05. The van der Waals surface area contributed by atoms with Crippen LogP contribution in [0.1, 0.15) is 21.1 Å². The van der Waals surface area contributed by atoms with Crippen molar-refractivity contribution in [3.05, 3.63) is 55.9 Å². The third kappa shape index (κ3) is 4.87. The number of carbonyl (C=O) groups is 1. The molecule has 1 aromatic carbocycles. The molecule has 1 amide bonds. The second-order valence-corrected chi connectivity index (χ2v) is 7.80. The molecule has 0 unspecified atom stereocenters. The van der Waals surface area contributed by atoms with Gasteiger partial charge in [-0.25, -0.2) is 15.4 Å². The first kappa shape index (κ1) is 18.5. The van der Waals surface area contributed by atoms with Crippen molar-refractivity contribution in [1.82, 2.24) is 15.4 Å². The van der Waals surface area contributed by atoms with E-state index in [4.69, 9.17) is 11.6 Å². The first-order valence-corrected chi connectivity index (χ1v) is 9.80. The molecule has 2 N–H and O–H groups in total. The Morgan fingerprint density at radius 1 is 1.31 bits per heavy atom. The summed E-state index contributed by atoms with van der Waals surface area (Å²) in [7, 11) is 0. The van der Waals surface area contributed by atoms with Crippen LogP contribution in [0.15, 0.2) is 34.7 Å². The maximum atomic E-state index is 11.9. The van der Waals surface area contributed by atoms with Crippen molar-refractivity contribution in [3.63, 3.8) is 0 Å². The number of nitrogens with zero attached hydrogens (tertiary/aromatic N) is 3. The molecule has 0 aliphatic rings. The Morgan fingerprint density at radius 2 is 2.12 bits per heavy atom. The average molecular weight is 406 g/mol. The fourth-order valence-electron chi connectivity index (χ4n) is 2.10. The third-order valence-electron chi connectivity index (χ3n) is 3.35. The topological polar surface area (TPSA) is 79.3 Å². The zero-order valence-electron chi connectivity index (χ0n) is 14.1. The smallest absolute Gasteiger partial charge is 0.246 e. The van der Waals surface area contributed by atoms with E-state index in [2.05, 4.69) is 25.8 Å². The highest BCUT2D eigenvalue weighted by molar-refractivity contribution is 7.17. The predicted molar refractivity (Wildman–Crippen MR) is 108 cm³/mol. The fourth-order valence-corrected chi connectivity index (χ4v) is 3.91. The van der Waals surface area contributed by atoms with Gasteiger partial charge in [-0.3, -0.25) is 4.79 Å². The molecular weight excluding hydrogens is 390 g/mol. The summed E-state index contributed by atoms with van der Waals surface area (Å²) in [4.78, 5) is 21.1. The van der Waals surface area contributed by atoms with E-state index >= 15 is 0 Å². The van der Waals surface area contributed by atoms with Crippen LogP contribution in [0.25, 0.3) is 0 Å². The van der Waals surface area contributed by atoms with E-state index in [0.29, 0.717) is 15.2 Å². The molecule has 3 rings (SSSR count). The minimum atomic E-state index is -0.227. The molecule has 134 valence electrons. The van der Waals surface area contributed by atoms with Gasteiger partial charge < -0.3 is 5.32 Å². The lowest BCUT2D eigenvalue weighted by molar-refractivity contribution is -0.120. The van der Waals surface area contributed by atoms with Crippen molar-refractivity contribution in [2.24, 2.45) is 5.10 Å². The molecule has 0 spiro atoms. The molecule has 2 heterocycles. The molecule has 0 fully saturated rings. The minimum Gasteiger partial charge on any atom is -0.331 e. The van der Waals surface area contributed by atoms with Gasteiger partial charge in [0.05, 0.1) is 17.5 Å². The number of hydrogen-bond acceptors (Lipinski definition) is 7. The van der Waals surface area contributed by atoms with Gasteiger partial charge in [0.2, 0.25) is 5.91 Å². The summed E-state index contributed by atoms with van der Waals surface area (Å²) in [5.41, 5.74) is 5.47. The van der Waals surface area contributed by atoms with E-state index in [-0.39, 0.29) is 12.3 Å². The molecule has 0 bridgehead atoms. The SMILES string of the molecule is Cc1csc(CC(=O)N/N=C/c2sc(Nc3ccccc3C)nc2Cl)n1. The Bertz CT molecular complexity index is 950. The second-order valence-electron chi connectivity index (χ2n) is 5.47. The Balaban J connectivity index is 1.59. The Morgan fingerprint density at radius 3 is 2.85 bits per heavy atom. The van der Waals surface area contributed by atoms with E-state index in [0.717, 1.165) is 22.0 Å². The van der Waals surface area contributed by atoms with Gasteiger partial charge in [-0.2, -0.15) is 5.10 Å². The first-order valence-electron chi connectivity index (χ1n) is 7.73. The molecule has 0 aliphatic carbocycles. The predicted octanol–water partition coefficient (Wildman–Crippen LogP) is 4.31. The van der Waals surface area contributed by atoms with Gasteiger partial charge in [-0.15, -0.1) is 11.3 Å². The number of aromatic nitrogens is 2. The molecule has 26 heavy (non-hydrogen) atoms. The third-order valence-corrected chi connectivity index (χ3v) is 5.62. The highest BCUT2D eigenvalue weighted by Crippen LogP contribution is 2.28. The van der Waals surface area contributed by atoms with Crippen molar-refractivity contribution in [2.45, 2.75) is 20.3 Å². The van der Waals surface area contributed by atoms with Crippen molar-refractivity contribution in [1.29, 1.82) is 0 Å². The number of para-hydroxylation sites is 1. The number of hydrazone groups is 1. The summed E-state index contributed by atoms with van der Waals surface area (Å²) in [5.74, 6) is -0.227. The maximum absolute atomic E-state index is 11.9. The number of anilines is 2. The molecule has 0 radical (unpaired) electrons. The van der Waals surface area contributed by atoms with Gasteiger partial charge in [0.15, 0.2) is 10.3 Å². The van der Waals surface area contributed by atoms with E-state index < -0.39 is 0 Å². The molecule has 0 aliphatic heterocycles. The van der Waals surface area contributed by atoms with E-state index in [9.17, 15) is 4.79 Å². The van der Waals surface area contributed by atoms with Gasteiger partial charge in [0, 0.05) is 16.8 Å². The molecule has 0 saturated heterocycles. The Hall–Kier alpha value is -2.29. The number of halogens is 1. The first-order chi connectivity index (χ1) is 12.5. The van der Waals surface area contributed by atoms with Crippen LogP contribution >= 0.6 is 34.3 Å². The Labute approximate surface area is 164 Å². The highest BCUT2D eigenvalue weighted by atomic mass is 35.5. The van der Waals surface area contributed by atoms with Gasteiger partial charge in [-0.1, -0.05) is 41.1 Å². The summed E-state index contributed by atoms with van der Waals surface area (Å²) in [6, 6.07) is 7.91. The van der Waals surface area contributed by atoms with Crippen LogP contribution in [-0.4, -0.2) is 22.1 Å². The van der Waals surface area contributed by atoms with Gasteiger partial charge in [0.1, 0.15) is 5.01 Å². The summed E-state index contributed by atoms with van der Waals surface area (Å²) in [6.45, 7) is 3.91. The number of rotatable bonds is 6. The zero-order chi connectivity index (χ0) is 18.5. The van der Waals surface area contributed by atoms with Crippen molar-refractivity contribution >= 4 is 57.2 Å². The van der Waals surface area contributed by atoms with Crippen LogP contribution in [0, 0.1) is 13.8 Å². The van der Waals surface area contributed by atoms with E-state index in [1.54, 1.807) is 0 Å². The van der Waals surface area contributed by atoms with Gasteiger partial charge in [0.25, 0.3) is 0 Å². The molecule has 9 heteroatoms. The lowest BCUT2D eigenvalue weighted by Crippen LogP contribution is -2.19. The van der Waals surface area contributed by atoms with E-state index in [1.165, 1.54) is 28.9 Å². The van der Waals surface area contributed by atoms with Crippen LogP contribution in [0.5, 0.6) is 0 Å². The number of aryl methyl sites for hydroxylation is 2. The number of thiazole rings is 2. The number of hydrogen-bond donors (Lipinski definition) is 2. The minimum absolute atomic E-state index is 0.201. The summed E-state index contributed by atoms with van der Waals surface area (Å²) in [5, 5.41) is 10.9. The highest BCUT2D eigenvalue weighted by Gasteiger charge is 2.09. The molecule has 0 saturated carbocycles. The average Bonchev–Trinajstić information content (AvgIpc) is 3.15. The number of benzene rings is 1. The molecule has 0 atom stereocenters. The van der Waals surface area contributed by atoms with Crippen LogP contribution in [0.2, 0.25) is 5.15 Å². The summed E-state index contributed by atoms with van der Waals surface area (Å²) in [6.07, 6.45) is 1.69. The molecule has 2 aromatic heterocycles. The Kier molecular flexibility index (Phi) is 5.97. The maximum Gasteiger partial charge on any atom is 0.246 e. The van der Waals surface area contributed by atoms with Gasteiger partial charge in [-0.05, 0) is 25.5 Å². The molecule has 3 aromatic rings. The second kappa shape index (κ2) is 8.39. The van der Waals surface area contributed by atoms with Crippen molar-refractivity contribution in [2.75, 3.05) is 5.32 Å². The zero-order valence-corrected chi connectivity index (χ0v) is 16.5. The van der Waals surface area contributed by atoms with Crippen molar-refractivity contribution in [3.8, 4) is 0 Å². The van der Waals surface area contributed by atoms with Gasteiger partial charge >= 0.3 is 0 Å². The molecular formula is C17H16ClN5OS2. The normalized spacial score (nSPS) is 11.0. The number of carbonyl (C=O) groups excluding carboxylic acids is 1. The fraction of sp³-hybridized carbons (Fsp3) is 0.176. The van der Waals surface area contributed by atoms with Crippen LogP contribution in [0.3, 0.4) is 0 Å². The number of amides is 1. The summed E-state index contributed by atoms with van der Waals surface area (Å²) < 4.78 is 0.